The molecule has 0 saturated heterocycles. The third kappa shape index (κ3) is 4.20. The Bertz CT molecular complexity index is 823. The summed E-state index contributed by atoms with van der Waals surface area (Å²) in [7, 11) is 0. The highest BCUT2D eigenvalue weighted by Gasteiger charge is 2.03. The van der Waals surface area contributed by atoms with Gasteiger partial charge in [-0.3, -0.25) is 4.68 Å². The van der Waals surface area contributed by atoms with E-state index in [0.717, 1.165) is 17.9 Å². The molecule has 0 fully saturated rings. The summed E-state index contributed by atoms with van der Waals surface area (Å²) < 4.78 is 1.90. The molecule has 0 bridgehead atoms. The van der Waals surface area contributed by atoms with Gasteiger partial charge in [0.05, 0.1) is 6.54 Å². The van der Waals surface area contributed by atoms with Crippen LogP contribution < -0.4 is 10.6 Å². The van der Waals surface area contributed by atoms with Crippen LogP contribution in [-0.4, -0.2) is 14.9 Å². The molecule has 1 heterocycles. The summed E-state index contributed by atoms with van der Waals surface area (Å²) in [5, 5.41) is 11.3. The van der Waals surface area contributed by atoms with Crippen LogP contribution in [-0.2, 0) is 6.54 Å². The summed E-state index contributed by atoms with van der Waals surface area (Å²) in [4.78, 5) is 0. The van der Waals surface area contributed by atoms with E-state index >= 15 is 0 Å². The second kappa shape index (κ2) is 7.27. The standard InChI is InChI=1S/C19H20N4S/c1-14-4-5-15(2)18(12-14)22-19(24)21-17-8-6-16(7-9-17)13-23-11-3-10-20-23/h3-12H,13H2,1-2H3,(H2,21,22,24). The molecule has 3 aromatic rings. The Labute approximate surface area is 147 Å². The molecule has 0 aliphatic carbocycles. The van der Waals surface area contributed by atoms with Crippen LogP contribution in [0.15, 0.2) is 60.9 Å². The SMILES string of the molecule is Cc1ccc(C)c(NC(=S)Nc2ccc(Cn3cccn3)cc2)c1. The predicted octanol–water partition coefficient (Wildman–Crippen LogP) is 4.36. The van der Waals surface area contributed by atoms with Crippen molar-refractivity contribution in [3.05, 3.63) is 77.6 Å². The molecule has 0 atom stereocenters. The van der Waals surface area contributed by atoms with Crippen molar-refractivity contribution in [3.8, 4) is 0 Å². The number of nitrogens with one attached hydrogen (secondary N) is 2. The van der Waals surface area contributed by atoms with Crippen LogP contribution in [0.1, 0.15) is 16.7 Å². The molecule has 5 heteroatoms. The average molecular weight is 336 g/mol. The monoisotopic (exact) mass is 336 g/mol. The quantitative estimate of drug-likeness (QED) is 0.695. The molecule has 0 radical (unpaired) electrons. The molecular formula is C19H20N4S. The third-order valence-electron chi connectivity index (χ3n) is 3.76. The highest BCUT2D eigenvalue weighted by atomic mass is 32.1. The van der Waals surface area contributed by atoms with Crippen molar-refractivity contribution in [2.24, 2.45) is 0 Å². The first-order valence-corrected chi connectivity index (χ1v) is 8.22. The Morgan fingerprint density at radius 1 is 1.08 bits per heavy atom. The molecule has 122 valence electrons. The van der Waals surface area contributed by atoms with Gasteiger partial charge in [0.2, 0.25) is 0 Å². The lowest BCUT2D eigenvalue weighted by atomic mass is 10.1. The van der Waals surface area contributed by atoms with E-state index in [2.05, 4.69) is 59.9 Å². The van der Waals surface area contributed by atoms with Crippen molar-refractivity contribution in [2.75, 3.05) is 10.6 Å². The Morgan fingerprint density at radius 3 is 2.58 bits per heavy atom. The van der Waals surface area contributed by atoms with E-state index in [0.29, 0.717) is 5.11 Å². The molecule has 1 aromatic heterocycles. The van der Waals surface area contributed by atoms with Gasteiger partial charge >= 0.3 is 0 Å². The average Bonchev–Trinajstić information content (AvgIpc) is 3.06. The van der Waals surface area contributed by atoms with E-state index in [1.54, 1.807) is 6.20 Å². The summed E-state index contributed by atoms with van der Waals surface area (Å²) in [5.74, 6) is 0. The zero-order chi connectivity index (χ0) is 16.9. The number of aryl methyl sites for hydroxylation is 2. The van der Waals surface area contributed by atoms with Crippen LogP contribution in [0.25, 0.3) is 0 Å². The molecule has 24 heavy (non-hydrogen) atoms. The van der Waals surface area contributed by atoms with Crippen molar-refractivity contribution in [2.45, 2.75) is 20.4 Å². The van der Waals surface area contributed by atoms with Crippen LogP contribution in [0.4, 0.5) is 11.4 Å². The first-order chi connectivity index (χ1) is 11.6. The summed E-state index contributed by atoms with van der Waals surface area (Å²) in [6, 6.07) is 16.4. The molecule has 2 N–H and O–H groups in total. The molecule has 0 aliphatic heterocycles. The number of nitrogens with zero attached hydrogens (tertiary/aromatic N) is 2. The number of benzene rings is 2. The Morgan fingerprint density at radius 2 is 1.88 bits per heavy atom. The molecule has 0 spiro atoms. The topological polar surface area (TPSA) is 41.9 Å². The number of aromatic nitrogens is 2. The minimum Gasteiger partial charge on any atom is -0.332 e. The van der Waals surface area contributed by atoms with Crippen LogP contribution in [0.2, 0.25) is 0 Å². The highest BCUT2D eigenvalue weighted by molar-refractivity contribution is 7.80. The van der Waals surface area contributed by atoms with Crippen molar-refractivity contribution in [3.63, 3.8) is 0 Å². The Hall–Kier alpha value is -2.66. The van der Waals surface area contributed by atoms with E-state index in [4.69, 9.17) is 12.2 Å². The van der Waals surface area contributed by atoms with Crippen molar-refractivity contribution in [1.29, 1.82) is 0 Å². The van der Waals surface area contributed by atoms with E-state index < -0.39 is 0 Å². The maximum atomic E-state index is 5.41. The van der Waals surface area contributed by atoms with Gasteiger partial charge < -0.3 is 10.6 Å². The molecule has 0 amide bonds. The Balaban J connectivity index is 1.61. The molecule has 2 aromatic carbocycles. The third-order valence-corrected chi connectivity index (χ3v) is 3.96. The number of thiocarbonyl (C=S) groups is 1. The van der Waals surface area contributed by atoms with Crippen LogP contribution in [0, 0.1) is 13.8 Å². The van der Waals surface area contributed by atoms with Gasteiger partial charge in [-0.05, 0) is 67.0 Å². The summed E-state index contributed by atoms with van der Waals surface area (Å²) >= 11 is 5.41. The number of anilines is 2. The molecule has 3 rings (SSSR count). The van der Waals surface area contributed by atoms with Crippen molar-refractivity contribution in [1.82, 2.24) is 9.78 Å². The van der Waals surface area contributed by atoms with Crippen LogP contribution in [0.5, 0.6) is 0 Å². The predicted molar refractivity (Wildman–Crippen MR) is 104 cm³/mol. The zero-order valence-electron chi connectivity index (χ0n) is 13.8. The van der Waals surface area contributed by atoms with Gasteiger partial charge in [0.25, 0.3) is 0 Å². The fourth-order valence-electron chi connectivity index (χ4n) is 2.43. The largest absolute Gasteiger partial charge is 0.332 e. The molecule has 0 aliphatic rings. The van der Waals surface area contributed by atoms with Gasteiger partial charge in [-0.15, -0.1) is 0 Å². The lowest BCUT2D eigenvalue weighted by molar-refractivity contribution is 0.687. The number of hydrogen-bond donors (Lipinski definition) is 2. The maximum Gasteiger partial charge on any atom is 0.175 e. The summed E-state index contributed by atoms with van der Waals surface area (Å²) in [6.07, 6.45) is 3.74. The minimum atomic E-state index is 0.587. The van der Waals surface area contributed by atoms with Crippen LogP contribution >= 0.6 is 12.2 Å². The molecular weight excluding hydrogens is 316 g/mol. The maximum absolute atomic E-state index is 5.41. The van der Waals surface area contributed by atoms with E-state index in [1.807, 2.05) is 29.1 Å². The van der Waals surface area contributed by atoms with E-state index in [-0.39, 0.29) is 0 Å². The van der Waals surface area contributed by atoms with Crippen molar-refractivity contribution < 1.29 is 0 Å². The summed E-state index contributed by atoms with van der Waals surface area (Å²) in [6.45, 7) is 4.90. The normalized spacial score (nSPS) is 10.4. The Kier molecular flexibility index (Phi) is 4.91. The van der Waals surface area contributed by atoms with Gasteiger partial charge in [0.15, 0.2) is 5.11 Å². The highest BCUT2D eigenvalue weighted by Crippen LogP contribution is 2.17. The lowest BCUT2D eigenvalue weighted by Crippen LogP contribution is -2.19. The van der Waals surface area contributed by atoms with Gasteiger partial charge in [0, 0.05) is 23.8 Å². The van der Waals surface area contributed by atoms with E-state index in [1.165, 1.54) is 16.7 Å². The van der Waals surface area contributed by atoms with Gasteiger partial charge in [-0.2, -0.15) is 5.10 Å². The zero-order valence-corrected chi connectivity index (χ0v) is 14.6. The fraction of sp³-hybridized carbons (Fsp3) is 0.158. The summed E-state index contributed by atoms with van der Waals surface area (Å²) in [5.41, 5.74) is 5.55. The number of hydrogen-bond acceptors (Lipinski definition) is 2. The van der Waals surface area contributed by atoms with Crippen molar-refractivity contribution >= 4 is 28.7 Å². The molecule has 0 unspecified atom stereocenters. The van der Waals surface area contributed by atoms with Crippen LogP contribution in [0.3, 0.4) is 0 Å². The van der Waals surface area contributed by atoms with Gasteiger partial charge in [-0.25, -0.2) is 0 Å². The molecule has 4 nitrogen and oxygen atoms in total. The molecule has 0 saturated carbocycles. The van der Waals surface area contributed by atoms with E-state index in [9.17, 15) is 0 Å². The smallest absolute Gasteiger partial charge is 0.175 e. The van der Waals surface area contributed by atoms with Gasteiger partial charge in [-0.1, -0.05) is 24.3 Å². The first-order valence-electron chi connectivity index (χ1n) is 7.82. The minimum absolute atomic E-state index is 0.587. The first kappa shape index (κ1) is 16.2. The van der Waals surface area contributed by atoms with Gasteiger partial charge in [0.1, 0.15) is 0 Å². The fourth-order valence-corrected chi connectivity index (χ4v) is 2.66. The second-order valence-electron chi connectivity index (χ2n) is 5.80. The number of rotatable bonds is 4. The lowest BCUT2D eigenvalue weighted by Gasteiger charge is -2.13. The second-order valence-corrected chi connectivity index (χ2v) is 6.21.